The molecule has 0 saturated carbocycles. The second-order valence-electron chi connectivity index (χ2n) is 5.32. The Morgan fingerprint density at radius 1 is 1.10 bits per heavy atom. The van der Waals surface area contributed by atoms with Crippen LogP contribution in [0.4, 0.5) is 11.6 Å². The number of hydrogen-bond donors (Lipinski definition) is 2. The van der Waals surface area contributed by atoms with Gasteiger partial charge in [0.05, 0.1) is 5.56 Å². The molecule has 1 aromatic carbocycles. The lowest BCUT2D eigenvalue weighted by atomic mass is 10.1. The van der Waals surface area contributed by atoms with Gasteiger partial charge in [0.25, 0.3) is 5.91 Å². The van der Waals surface area contributed by atoms with Crippen LogP contribution in [0.15, 0.2) is 30.6 Å². The summed E-state index contributed by atoms with van der Waals surface area (Å²) in [6.07, 6.45) is 3.06. The van der Waals surface area contributed by atoms with Crippen molar-refractivity contribution in [1.82, 2.24) is 9.97 Å². The molecule has 0 bridgehead atoms. The Balaban J connectivity index is 2.13. The molecule has 0 aliphatic heterocycles. The number of aryl methyl sites for hydroxylation is 2. The predicted molar refractivity (Wildman–Crippen MR) is 84.7 cm³/mol. The minimum Gasteiger partial charge on any atom is -0.352 e. The van der Waals surface area contributed by atoms with Crippen molar-refractivity contribution >= 4 is 17.5 Å². The van der Waals surface area contributed by atoms with E-state index >= 15 is 0 Å². The Morgan fingerprint density at radius 2 is 1.67 bits per heavy atom. The largest absolute Gasteiger partial charge is 0.352 e. The molecule has 2 N–H and O–H groups in total. The van der Waals surface area contributed by atoms with E-state index in [0.717, 1.165) is 16.8 Å². The van der Waals surface area contributed by atoms with Gasteiger partial charge in [-0.1, -0.05) is 18.2 Å². The van der Waals surface area contributed by atoms with Crippen molar-refractivity contribution < 1.29 is 4.79 Å². The smallest absolute Gasteiger partial charge is 0.258 e. The summed E-state index contributed by atoms with van der Waals surface area (Å²) in [5, 5.41) is 6.00. The maximum Gasteiger partial charge on any atom is 0.258 e. The fourth-order valence-electron chi connectivity index (χ4n) is 1.98. The zero-order valence-corrected chi connectivity index (χ0v) is 12.8. The van der Waals surface area contributed by atoms with Crippen molar-refractivity contribution in [3.8, 4) is 0 Å². The molecule has 1 amide bonds. The Hall–Kier alpha value is -2.43. The average molecular weight is 284 g/mol. The third-order valence-electron chi connectivity index (χ3n) is 3.05. The zero-order valence-electron chi connectivity index (χ0n) is 12.8. The molecule has 0 aliphatic rings. The molecular weight excluding hydrogens is 264 g/mol. The highest BCUT2D eigenvalue weighted by atomic mass is 16.1. The summed E-state index contributed by atoms with van der Waals surface area (Å²) in [7, 11) is 0. The van der Waals surface area contributed by atoms with Gasteiger partial charge in [0.15, 0.2) is 0 Å². The van der Waals surface area contributed by atoms with Gasteiger partial charge in [-0.2, -0.15) is 0 Å². The SMILES string of the molecule is Cc1cccc(C)c1NC(=O)c1cnc(NC(C)C)nc1. The maximum absolute atomic E-state index is 12.2. The Morgan fingerprint density at radius 3 is 2.19 bits per heavy atom. The third kappa shape index (κ3) is 3.78. The number of carbonyl (C=O) groups is 1. The lowest BCUT2D eigenvalue weighted by Gasteiger charge is -2.12. The molecule has 0 spiro atoms. The fraction of sp³-hybridized carbons (Fsp3) is 0.312. The summed E-state index contributed by atoms with van der Waals surface area (Å²) < 4.78 is 0. The van der Waals surface area contributed by atoms with Crippen LogP contribution >= 0.6 is 0 Å². The van der Waals surface area contributed by atoms with Crippen LogP contribution in [0.25, 0.3) is 0 Å². The summed E-state index contributed by atoms with van der Waals surface area (Å²) in [5.74, 6) is 0.317. The van der Waals surface area contributed by atoms with Gasteiger partial charge in [-0.25, -0.2) is 9.97 Å². The summed E-state index contributed by atoms with van der Waals surface area (Å²) in [4.78, 5) is 20.5. The number of nitrogens with zero attached hydrogens (tertiary/aromatic N) is 2. The number of para-hydroxylation sites is 1. The van der Waals surface area contributed by atoms with E-state index in [9.17, 15) is 4.79 Å². The van der Waals surface area contributed by atoms with Crippen LogP contribution in [0.1, 0.15) is 35.3 Å². The summed E-state index contributed by atoms with van der Waals surface area (Å²) in [5.41, 5.74) is 3.34. The van der Waals surface area contributed by atoms with Crippen LogP contribution in [0, 0.1) is 13.8 Å². The monoisotopic (exact) mass is 284 g/mol. The number of rotatable bonds is 4. The Kier molecular flexibility index (Phi) is 4.52. The normalized spacial score (nSPS) is 10.5. The van der Waals surface area contributed by atoms with E-state index in [1.807, 2.05) is 45.9 Å². The van der Waals surface area contributed by atoms with Gasteiger partial charge in [0.1, 0.15) is 0 Å². The number of amides is 1. The molecule has 2 rings (SSSR count). The van der Waals surface area contributed by atoms with E-state index < -0.39 is 0 Å². The number of benzene rings is 1. The van der Waals surface area contributed by atoms with E-state index in [2.05, 4.69) is 20.6 Å². The molecule has 0 radical (unpaired) electrons. The van der Waals surface area contributed by atoms with E-state index in [1.165, 1.54) is 12.4 Å². The van der Waals surface area contributed by atoms with Crippen molar-refractivity contribution in [2.24, 2.45) is 0 Å². The van der Waals surface area contributed by atoms with Crippen LogP contribution in [0.5, 0.6) is 0 Å². The molecule has 0 aliphatic carbocycles. The number of carbonyl (C=O) groups excluding carboxylic acids is 1. The van der Waals surface area contributed by atoms with Gasteiger partial charge in [-0.3, -0.25) is 4.79 Å². The van der Waals surface area contributed by atoms with Crippen molar-refractivity contribution in [1.29, 1.82) is 0 Å². The molecule has 1 heterocycles. The second-order valence-corrected chi connectivity index (χ2v) is 5.32. The lowest BCUT2D eigenvalue weighted by molar-refractivity contribution is 0.102. The summed E-state index contributed by atoms with van der Waals surface area (Å²) in [6.45, 7) is 7.94. The van der Waals surface area contributed by atoms with Gasteiger partial charge in [-0.15, -0.1) is 0 Å². The minimum atomic E-state index is -0.205. The molecule has 2 aromatic rings. The van der Waals surface area contributed by atoms with Gasteiger partial charge in [-0.05, 0) is 38.8 Å². The predicted octanol–water partition coefficient (Wildman–Crippen LogP) is 3.17. The first kappa shape index (κ1) is 15.0. The highest BCUT2D eigenvalue weighted by Gasteiger charge is 2.10. The minimum absolute atomic E-state index is 0.205. The van der Waals surface area contributed by atoms with Gasteiger partial charge in [0, 0.05) is 24.1 Å². The number of anilines is 2. The number of hydrogen-bond acceptors (Lipinski definition) is 4. The average Bonchev–Trinajstić information content (AvgIpc) is 2.43. The van der Waals surface area contributed by atoms with Crippen molar-refractivity contribution in [2.75, 3.05) is 10.6 Å². The van der Waals surface area contributed by atoms with Crippen LogP contribution in [0.2, 0.25) is 0 Å². The first-order valence-electron chi connectivity index (χ1n) is 6.93. The Bertz CT molecular complexity index is 615. The number of aromatic nitrogens is 2. The molecule has 0 atom stereocenters. The first-order chi connectivity index (χ1) is 9.97. The van der Waals surface area contributed by atoms with Crippen LogP contribution in [-0.2, 0) is 0 Å². The van der Waals surface area contributed by atoms with Gasteiger partial charge < -0.3 is 10.6 Å². The lowest BCUT2D eigenvalue weighted by Crippen LogP contribution is -2.16. The van der Waals surface area contributed by atoms with Gasteiger partial charge >= 0.3 is 0 Å². The first-order valence-corrected chi connectivity index (χ1v) is 6.93. The van der Waals surface area contributed by atoms with E-state index in [-0.39, 0.29) is 11.9 Å². The number of nitrogens with one attached hydrogen (secondary N) is 2. The van der Waals surface area contributed by atoms with E-state index in [0.29, 0.717) is 11.5 Å². The van der Waals surface area contributed by atoms with Crippen molar-refractivity contribution in [3.05, 3.63) is 47.3 Å². The molecule has 21 heavy (non-hydrogen) atoms. The molecule has 0 saturated heterocycles. The van der Waals surface area contributed by atoms with E-state index in [1.54, 1.807) is 0 Å². The van der Waals surface area contributed by atoms with E-state index in [4.69, 9.17) is 0 Å². The van der Waals surface area contributed by atoms with Crippen LogP contribution < -0.4 is 10.6 Å². The second kappa shape index (κ2) is 6.35. The summed E-state index contributed by atoms with van der Waals surface area (Å²) >= 11 is 0. The standard InChI is InChI=1S/C16H20N4O/c1-10(2)19-16-17-8-13(9-18-16)15(21)20-14-11(3)6-5-7-12(14)4/h5-10H,1-4H3,(H,20,21)(H,17,18,19). The van der Waals surface area contributed by atoms with Crippen LogP contribution in [-0.4, -0.2) is 21.9 Å². The Labute approximate surface area is 124 Å². The van der Waals surface area contributed by atoms with Crippen molar-refractivity contribution in [2.45, 2.75) is 33.7 Å². The van der Waals surface area contributed by atoms with Crippen LogP contribution in [0.3, 0.4) is 0 Å². The molecule has 5 heteroatoms. The molecular formula is C16H20N4O. The molecule has 1 aromatic heterocycles. The molecule has 0 fully saturated rings. The zero-order chi connectivity index (χ0) is 15.4. The maximum atomic E-state index is 12.2. The highest BCUT2D eigenvalue weighted by Crippen LogP contribution is 2.20. The summed E-state index contributed by atoms with van der Waals surface area (Å²) in [6, 6.07) is 6.15. The fourth-order valence-corrected chi connectivity index (χ4v) is 1.98. The topological polar surface area (TPSA) is 66.9 Å². The van der Waals surface area contributed by atoms with Crippen molar-refractivity contribution in [3.63, 3.8) is 0 Å². The van der Waals surface area contributed by atoms with Gasteiger partial charge in [0.2, 0.25) is 5.95 Å². The molecule has 5 nitrogen and oxygen atoms in total. The third-order valence-corrected chi connectivity index (χ3v) is 3.05. The molecule has 110 valence electrons. The quantitative estimate of drug-likeness (QED) is 0.905. The molecule has 0 unspecified atom stereocenters. The highest BCUT2D eigenvalue weighted by molar-refractivity contribution is 6.04.